The number of sulfone groups is 1. The third kappa shape index (κ3) is 3.64. The van der Waals surface area contributed by atoms with Crippen LogP contribution in [0.1, 0.15) is 5.56 Å². The van der Waals surface area contributed by atoms with Crippen molar-refractivity contribution in [3.8, 4) is 33.4 Å². The maximum absolute atomic E-state index is 13.4. The summed E-state index contributed by atoms with van der Waals surface area (Å²) in [4.78, 5) is 1.39. The van der Waals surface area contributed by atoms with Crippen LogP contribution in [0.5, 0.6) is 0 Å². The van der Waals surface area contributed by atoms with Crippen LogP contribution in [0.4, 0.5) is 0 Å². The zero-order valence-corrected chi connectivity index (χ0v) is 18.6. The molecule has 1 N–H and O–H groups in total. The normalized spacial score (nSPS) is 13.6. The summed E-state index contributed by atoms with van der Waals surface area (Å²) in [6.07, 6.45) is 0. The Morgan fingerprint density at radius 2 is 1.16 bits per heavy atom. The van der Waals surface area contributed by atoms with Gasteiger partial charge in [0.25, 0.3) is 0 Å². The van der Waals surface area contributed by atoms with Gasteiger partial charge < -0.3 is 0 Å². The second kappa shape index (κ2) is 8.20. The summed E-state index contributed by atoms with van der Waals surface area (Å²) in [5.74, 6) is 0. The molecule has 0 aliphatic carbocycles. The quantitative estimate of drug-likeness (QED) is 0.181. The minimum absolute atomic E-state index is 0.321. The highest BCUT2D eigenvalue weighted by atomic mass is 32.2. The Kier molecular flexibility index (Phi) is 5.36. The van der Waals surface area contributed by atoms with Crippen molar-refractivity contribution in [3.63, 3.8) is 0 Å². The van der Waals surface area contributed by atoms with Crippen LogP contribution >= 0.6 is 12.0 Å². The van der Waals surface area contributed by atoms with Gasteiger partial charge in [-0.2, -0.15) is 0 Å². The van der Waals surface area contributed by atoms with Gasteiger partial charge in [0, 0.05) is 16.0 Å². The highest BCUT2D eigenvalue weighted by molar-refractivity contribution is 7.94. The van der Waals surface area contributed by atoms with Gasteiger partial charge in [0.1, 0.15) is 0 Å². The SMILES string of the molecule is Cc1ccc(-c2ccc3c(c2)S(=O)(=O)c2cc(-c4ccc(SOOO)cc4)ccc2-3)cc1. The number of fused-ring (bicyclic) bond motifs is 3. The molecule has 4 aromatic rings. The highest BCUT2D eigenvalue weighted by Gasteiger charge is 2.33. The van der Waals surface area contributed by atoms with Crippen LogP contribution in [0.3, 0.4) is 0 Å². The first-order valence-corrected chi connectivity index (χ1v) is 12.1. The topological polar surface area (TPSA) is 72.8 Å². The minimum Gasteiger partial charge on any atom is -0.220 e. The van der Waals surface area contributed by atoms with Crippen molar-refractivity contribution < 1.29 is 23.0 Å². The molecule has 1 aliphatic heterocycles. The lowest BCUT2D eigenvalue weighted by Gasteiger charge is -2.06. The molecule has 0 aromatic heterocycles. The molecule has 0 bridgehead atoms. The van der Waals surface area contributed by atoms with Gasteiger partial charge >= 0.3 is 0 Å². The predicted octanol–water partition coefficient (Wildman–Crippen LogP) is 6.57. The average molecular weight is 463 g/mol. The molecule has 0 unspecified atom stereocenters. The molecule has 0 saturated carbocycles. The molecular weight excluding hydrogens is 444 g/mol. The van der Waals surface area contributed by atoms with Crippen molar-refractivity contribution >= 4 is 21.9 Å². The number of hydrogen-bond donors (Lipinski definition) is 1. The van der Waals surface area contributed by atoms with E-state index in [0.29, 0.717) is 9.79 Å². The Morgan fingerprint density at radius 3 is 1.66 bits per heavy atom. The smallest absolute Gasteiger partial charge is 0.207 e. The first kappa shape index (κ1) is 20.9. The largest absolute Gasteiger partial charge is 0.220 e. The molecule has 32 heavy (non-hydrogen) atoms. The van der Waals surface area contributed by atoms with Gasteiger partial charge in [0.2, 0.25) is 9.84 Å². The molecule has 0 saturated heterocycles. The summed E-state index contributed by atoms with van der Waals surface area (Å²) in [7, 11) is -3.62. The number of benzene rings is 4. The molecule has 1 aliphatic rings. The van der Waals surface area contributed by atoms with Crippen LogP contribution < -0.4 is 0 Å². The lowest BCUT2D eigenvalue weighted by atomic mass is 9.98. The Bertz CT molecular complexity index is 1410. The van der Waals surface area contributed by atoms with Gasteiger partial charge in [0.05, 0.1) is 21.8 Å². The van der Waals surface area contributed by atoms with Gasteiger partial charge in [-0.15, -0.1) is 4.33 Å². The molecule has 7 heteroatoms. The van der Waals surface area contributed by atoms with Crippen molar-refractivity contribution in [1.82, 2.24) is 0 Å². The van der Waals surface area contributed by atoms with Crippen LogP contribution in [0.2, 0.25) is 0 Å². The second-order valence-corrected chi connectivity index (χ2v) is 10.2. The Morgan fingerprint density at radius 1 is 0.688 bits per heavy atom. The van der Waals surface area contributed by atoms with Crippen LogP contribution in [-0.2, 0) is 19.2 Å². The Hall–Kier alpha value is -2.94. The van der Waals surface area contributed by atoms with Crippen molar-refractivity contribution in [2.45, 2.75) is 21.6 Å². The Labute approximate surface area is 190 Å². The van der Waals surface area contributed by atoms with Gasteiger partial charge in [0.15, 0.2) is 0 Å². The third-order valence-electron chi connectivity index (χ3n) is 5.57. The molecule has 0 spiro atoms. The lowest BCUT2D eigenvalue weighted by molar-refractivity contribution is -0.432. The Balaban J connectivity index is 1.53. The molecule has 0 atom stereocenters. The van der Waals surface area contributed by atoms with Crippen LogP contribution in [0.15, 0.2) is 99.6 Å². The van der Waals surface area contributed by atoms with E-state index in [9.17, 15) is 8.42 Å². The summed E-state index contributed by atoms with van der Waals surface area (Å²) in [5, 5.41) is 11.9. The molecular formula is C25H18O5S2. The highest BCUT2D eigenvalue weighted by Crippen LogP contribution is 2.46. The van der Waals surface area contributed by atoms with E-state index in [1.807, 2.05) is 67.6 Å². The van der Waals surface area contributed by atoms with Gasteiger partial charge in [-0.05, 0) is 53.4 Å². The van der Waals surface area contributed by atoms with Gasteiger partial charge in [-0.3, -0.25) is 0 Å². The standard InChI is InChI=1S/C25H18O5S2/c1-16-2-4-17(5-3-16)19-8-12-22-23-13-9-20(15-25(23)32(27,28)24(22)14-19)18-6-10-21(11-7-18)31-30-29-26/h2-15,26H,1H3. The average Bonchev–Trinajstić information content (AvgIpc) is 3.04. The third-order valence-corrected chi connectivity index (χ3v) is 7.99. The molecule has 5 nitrogen and oxygen atoms in total. The van der Waals surface area contributed by atoms with E-state index in [-0.39, 0.29) is 0 Å². The fourth-order valence-electron chi connectivity index (χ4n) is 3.92. The van der Waals surface area contributed by atoms with E-state index < -0.39 is 9.84 Å². The maximum atomic E-state index is 13.4. The van der Waals surface area contributed by atoms with E-state index in [4.69, 9.17) is 5.26 Å². The van der Waals surface area contributed by atoms with Crippen molar-refractivity contribution in [2.24, 2.45) is 0 Å². The summed E-state index contributed by atoms with van der Waals surface area (Å²) < 4.78 is 31.3. The molecule has 0 fully saturated rings. The molecule has 4 aromatic carbocycles. The van der Waals surface area contributed by atoms with E-state index in [0.717, 1.165) is 55.9 Å². The van der Waals surface area contributed by atoms with Crippen molar-refractivity contribution in [2.75, 3.05) is 0 Å². The summed E-state index contributed by atoms with van der Waals surface area (Å²) >= 11 is 0.868. The molecule has 1 heterocycles. The molecule has 0 radical (unpaired) electrons. The number of rotatable bonds is 5. The minimum atomic E-state index is -3.62. The number of aryl methyl sites for hydroxylation is 1. The number of hydrogen-bond acceptors (Lipinski definition) is 6. The summed E-state index contributed by atoms with van der Waals surface area (Å²) in [5.41, 5.74) is 6.14. The summed E-state index contributed by atoms with van der Waals surface area (Å²) in [6, 6.07) is 26.5. The maximum Gasteiger partial charge on any atom is 0.207 e. The van der Waals surface area contributed by atoms with Crippen LogP contribution in [-0.4, -0.2) is 13.7 Å². The molecule has 5 rings (SSSR count). The zero-order chi connectivity index (χ0) is 22.3. The van der Waals surface area contributed by atoms with E-state index in [1.165, 1.54) is 0 Å². The van der Waals surface area contributed by atoms with Crippen molar-refractivity contribution in [1.29, 1.82) is 0 Å². The van der Waals surface area contributed by atoms with E-state index in [2.05, 4.69) is 9.37 Å². The molecule has 160 valence electrons. The van der Waals surface area contributed by atoms with Crippen molar-refractivity contribution in [3.05, 3.63) is 90.5 Å². The first-order chi connectivity index (χ1) is 15.5. The summed E-state index contributed by atoms with van der Waals surface area (Å²) in [6.45, 7) is 2.02. The predicted molar refractivity (Wildman–Crippen MR) is 124 cm³/mol. The zero-order valence-electron chi connectivity index (χ0n) is 17.0. The van der Waals surface area contributed by atoms with Crippen LogP contribution in [0.25, 0.3) is 33.4 Å². The van der Waals surface area contributed by atoms with E-state index in [1.54, 1.807) is 24.3 Å². The fraction of sp³-hybridized carbons (Fsp3) is 0.0400. The first-order valence-electron chi connectivity index (χ1n) is 9.83. The lowest BCUT2D eigenvalue weighted by Crippen LogP contribution is -1.97. The van der Waals surface area contributed by atoms with E-state index >= 15 is 0 Å². The van der Waals surface area contributed by atoms with Gasteiger partial charge in [-0.25, -0.2) is 13.7 Å². The molecule has 0 amide bonds. The fourth-order valence-corrected chi connectivity index (χ4v) is 6.01. The monoisotopic (exact) mass is 462 g/mol. The van der Waals surface area contributed by atoms with Gasteiger partial charge in [-0.1, -0.05) is 71.3 Å². The second-order valence-electron chi connectivity index (χ2n) is 7.54. The van der Waals surface area contributed by atoms with Crippen LogP contribution in [0, 0.1) is 6.92 Å².